The lowest BCUT2D eigenvalue weighted by atomic mass is 10.0. The highest BCUT2D eigenvalue weighted by Gasteiger charge is 2.35. The summed E-state index contributed by atoms with van der Waals surface area (Å²) in [6, 6.07) is -8.83. The molecule has 1 saturated heterocycles. The van der Waals surface area contributed by atoms with Gasteiger partial charge >= 0.3 is 11.9 Å². The predicted molar refractivity (Wildman–Crippen MR) is 191 cm³/mol. The number of nitrogens with two attached hydrogens (primary N) is 4. The molecule has 1 fully saturated rings. The van der Waals surface area contributed by atoms with Crippen LogP contribution in [0.5, 0.6) is 0 Å². The molecule has 0 saturated carbocycles. The fourth-order valence-corrected chi connectivity index (χ4v) is 5.38. The van der Waals surface area contributed by atoms with Crippen LogP contribution in [0.4, 0.5) is 0 Å². The summed E-state index contributed by atoms with van der Waals surface area (Å²) in [6.07, 6.45) is -0.0257. The van der Waals surface area contributed by atoms with E-state index in [1.54, 1.807) is 13.8 Å². The Morgan fingerprint density at radius 2 is 1.09 bits per heavy atom. The Hall–Kier alpha value is -5.05. The molecule has 1 heterocycles. The number of aliphatic imine (C=N–C) groups is 1. The minimum atomic E-state index is -1.79. The Balaban J connectivity index is 3.75. The standard InChI is InChI=1S/C32H57N11O10/c1-17(2)14-21-29(50)43-23(31(52)53)15-24(44)38-18(8-3-5-11-33)26(47)42-22(16-25(45)46)30(51)40-19(9-4-6-12-34)27(48)39-20(28(49)41-21)10-7-13-37-32(35)36/h17-23H,3-16,33-34H2,1-2H3,(H,38,44)(H,39,48)(H,40,51)(H,41,49)(H,42,47)(H,43,50)(H,45,46)(H,52,53)(H4,35,36,37)/t18-,19-,20-,21-,22-,23-/m0/s1. The Kier molecular flexibility index (Phi) is 21.0. The van der Waals surface area contributed by atoms with E-state index in [0.29, 0.717) is 25.7 Å². The lowest BCUT2D eigenvalue weighted by molar-refractivity contribution is -0.144. The van der Waals surface area contributed by atoms with Crippen LogP contribution in [-0.4, -0.2) is 119 Å². The molecule has 0 bridgehead atoms. The molecule has 16 N–H and O–H groups in total. The van der Waals surface area contributed by atoms with Crippen molar-refractivity contribution in [3.05, 3.63) is 0 Å². The maximum atomic E-state index is 13.7. The highest BCUT2D eigenvalue weighted by atomic mass is 16.4. The van der Waals surface area contributed by atoms with Gasteiger partial charge in [-0.05, 0) is 76.8 Å². The fourth-order valence-electron chi connectivity index (χ4n) is 5.38. The van der Waals surface area contributed by atoms with Gasteiger partial charge in [0.2, 0.25) is 35.4 Å². The fraction of sp³-hybridized carbons (Fsp3) is 0.719. The number of amides is 6. The Morgan fingerprint density at radius 1 is 0.660 bits per heavy atom. The molecule has 53 heavy (non-hydrogen) atoms. The molecule has 6 atom stereocenters. The summed E-state index contributed by atoms with van der Waals surface area (Å²) in [5.41, 5.74) is 22.0. The van der Waals surface area contributed by atoms with Crippen LogP contribution in [0.2, 0.25) is 0 Å². The number of hydrogen-bond donors (Lipinski definition) is 12. The number of nitrogens with zero attached hydrogens (tertiary/aromatic N) is 1. The number of carboxylic acid groups (broad SMARTS) is 2. The minimum Gasteiger partial charge on any atom is -0.481 e. The predicted octanol–water partition coefficient (Wildman–Crippen LogP) is -3.78. The molecule has 1 aliphatic heterocycles. The number of aliphatic carboxylic acids is 2. The van der Waals surface area contributed by atoms with Gasteiger partial charge in [0.15, 0.2) is 5.96 Å². The summed E-state index contributed by atoms with van der Waals surface area (Å²) in [5, 5.41) is 34.1. The van der Waals surface area contributed by atoms with E-state index in [2.05, 4.69) is 36.9 Å². The van der Waals surface area contributed by atoms with Crippen molar-refractivity contribution in [1.29, 1.82) is 0 Å². The maximum absolute atomic E-state index is 13.7. The molecular weight excluding hydrogens is 698 g/mol. The molecule has 0 aromatic carbocycles. The van der Waals surface area contributed by atoms with Crippen molar-refractivity contribution in [2.24, 2.45) is 33.8 Å². The maximum Gasteiger partial charge on any atom is 0.326 e. The van der Waals surface area contributed by atoms with E-state index in [1.165, 1.54) is 0 Å². The lowest BCUT2D eigenvalue weighted by Crippen LogP contribution is -2.59. The second kappa shape index (κ2) is 24.2. The minimum absolute atomic E-state index is 0.0115. The van der Waals surface area contributed by atoms with Crippen molar-refractivity contribution in [1.82, 2.24) is 31.9 Å². The summed E-state index contributed by atoms with van der Waals surface area (Å²) in [6.45, 7) is 4.09. The third-order valence-electron chi connectivity index (χ3n) is 8.11. The van der Waals surface area contributed by atoms with Gasteiger partial charge in [0.1, 0.15) is 36.3 Å². The van der Waals surface area contributed by atoms with Crippen molar-refractivity contribution in [2.75, 3.05) is 19.6 Å². The number of rotatable bonds is 17. The summed E-state index contributed by atoms with van der Waals surface area (Å²) < 4.78 is 0. The van der Waals surface area contributed by atoms with Crippen LogP contribution in [0.3, 0.4) is 0 Å². The van der Waals surface area contributed by atoms with Crippen LogP contribution in [0, 0.1) is 5.92 Å². The van der Waals surface area contributed by atoms with Crippen molar-refractivity contribution < 1.29 is 48.6 Å². The summed E-state index contributed by atoms with van der Waals surface area (Å²) in [5.74, 6) is -8.98. The highest BCUT2D eigenvalue weighted by molar-refractivity contribution is 5.98. The SMILES string of the molecule is CC(C)C[C@@H]1NC(=O)[C@H](CCCN=C(N)N)NC(=O)[C@H](CCCCN)NC(=O)[C@H](CC(=O)O)NC(=O)[C@H](CCCCN)NC(=O)C[C@@H](C(=O)O)NC1=O. The summed E-state index contributed by atoms with van der Waals surface area (Å²) >= 11 is 0. The number of carbonyl (C=O) groups excluding carboxylic acids is 6. The van der Waals surface area contributed by atoms with Crippen LogP contribution in [0.1, 0.15) is 84.5 Å². The van der Waals surface area contributed by atoms with E-state index >= 15 is 0 Å². The zero-order valence-electron chi connectivity index (χ0n) is 30.4. The van der Waals surface area contributed by atoms with Crippen LogP contribution in [-0.2, 0) is 38.4 Å². The van der Waals surface area contributed by atoms with Crippen molar-refractivity contribution in [3.63, 3.8) is 0 Å². The van der Waals surface area contributed by atoms with Crippen molar-refractivity contribution >= 4 is 53.3 Å². The monoisotopic (exact) mass is 755 g/mol. The Morgan fingerprint density at radius 3 is 1.55 bits per heavy atom. The van der Waals surface area contributed by atoms with Gasteiger partial charge in [-0.1, -0.05) is 13.8 Å². The number of guanidine groups is 1. The zero-order valence-corrected chi connectivity index (χ0v) is 30.4. The molecule has 0 aliphatic carbocycles. The highest BCUT2D eigenvalue weighted by Crippen LogP contribution is 2.11. The Bertz CT molecular complexity index is 1310. The molecular formula is C32H57N11O10. The van der Waals surface area contributed by atoms with E-state index in [0.717, 1.165) is 0 Å². The van der Waals surface area contributed by atoms with E-state index in [4.69, 9.17) is 22.9 Å². The van der Waals surface area contributed by atoms with Crippen LogP contribution in [0.25, 0.3) is 0 Å². The van der Waals surface area contributed by atoms with Gasteiger partial charge in [0.05, 0.1) is 12.8 Å². The zero-order chi connectivity index (χ0) is 40.1. The molecule has 6 amide bonds. The van der Waals surface area contributed by atoms with Gasteiger partial charge in [0, 0.05) is 6.54 Å². The molecule has 0 aromatic heterocycles. The average Bonchev–Trinajstić information content (AvgIpc) is 3.06. The molecule has 300 valence electrons. The number of hydrogen-bond acceptors (Lipinski definition) is 11. The Labute approximate surface area is 307 Å². The molecule has 0 unspecified atom stereocenters. The number of carbonyl (C=O) groups is 8. The number of unbranched alkanes of at least 4 members (excludes halogenated alkanes) is 2. The van der Waals surface area contributed by atoms with Crippen LogP contribution < -0.4 is 54.8 Å². The van der Waals surface area contributed by atoms with E-state index < -0.39 is 96.5 Å². The first-order valence-electron chi connectivity index (χ1n) is 17.7. The topological polar surface area (TPSA) is 366 Å². The first-order chi connectivity index (χ1) is 25.0. The van der Waals surface area contributed by atoms with Gasteiger partial charge in [-0.3, -0.25) is 38.6 Å². The molecule has 0 aromatic rings. The van der Waals surface area contributed by atoms with E-state index in [1.807, 2.05) is 0 Å². The van der Waals surface area contributed by atoms with Crippen LogP contribution >= 0.6 is 0 Å². The smallest absolute Gasteiger partial charge is 0.326 e. The quantitative estimate of drug-likeness (QED) is 0.0385. The van der Waals surface area contributed by atoms with E-state index in [-0.39, 0.29) is 63.6 Å². The molecule has 21 heteroatoms. The molecule has 21 nitrogen and oxygen atoms in total. The summed E-state index contributed by atoms with van der Waals surface area (Å²) in [4.78, 5) is 109. The second-order valence-electron chi connectivity index (χ2n) is 13.2. The van der Waals surface area contributed by atoms with Gasteiger partial charge in [-0.15, -0.1) is 0 Å². The largest absolute Gasteiger partial charge is 0.481 e. The van der Waals surface area contributed by atoms with Gasteiger partial charge < -0.3 is 65.0 Å². The van der Waals surface area contributed by atoms with E-state index in [9.17, 15) is 48.6 Å². The average molecular weight is 756 g/mol. The third-order valence-corrected chi connectivity index (χ3v) is 8.11. The van der Waals surface area contributed by atoms with Crippen molar-refractivity contribution in [3.8, 4) is 0 Å². The number of nitrogens with one attached hydrogen (secondary N) is 6. The van der Waals surface area contributed by atoms with Gasteiger partial charge in [-0.2, -0.15) is 0 Å². The van der Waals surface area contributed by atoms with Gasteiger partial charge in [0.25, 0.3) is 0 Å². The first kappa shape index (κ1) is 46.0. The third kappa shape index (κ3) is 18.3. The number of carboxylic acids is 2. The molecule has 1 rings (SSSR count). The second-order valence-corrected chi connectivity index (χ2v) is 13.2. The molecule has 0 radical (unpaired) electrons. The molecule has 0 spiro atoms. The van der Waals surface area contributed by atoms with Crippen LogP contribution in [0.15, 0.2) is 4.99 Å². The summed E-state index contributed by atoms with van der Waals surface area (Å²) in [7, 11) is 0. The first-order valence-corrected chi connectivity index (χ1v) is 17.7. The van der Waals surface area contributed by atoms with Gasteiger partial charge in [-0.25, -0.2) is 4.79 Å². The lowest BCUT2D eigenvalue weighted by Gasteiger charge is -2.27. The molecule has 1 aliphatic rings. The normalized spacial score (nSPS) is 23.9. The van der Waals surface area contributed by atoms with Crippen molar-refractivity contribution in [2.45, 2.75) is 121 Å².